The molecular formula is C15H21ClF3NO. The second kappa shape index (κ2) is 8.59. The molecule has 0 bridgehead atoms. The molecule has 1 N–H and O–H groups in total. The highest BCUT2D eigenvalue weighted by atomic mass is 35.5. The standard InChI is InChI=1S/C15H21ClF3NO/c1-2-3-4-5-6-7-8-12(21)11-9-10-13(15(17,18)19)20-14(11)16/h9-10,12,21H,2-8H2,1H3. The molecule has 0 saturated heterocycles. The van der Waals surface area contributed by atoms with Gasteiger partial charge in [0.05, 0.1) is 6.10 Å². The number of hydrogen-bond donors (Lipinski definition) is 1. The van der Waals surface area contributed by atoms with Crippen LogP contribution in [0.3, 0.4) is 0 Å². The minimum absolute atomic E-state index is 0.262. The summed E-state index contributed by atoms with van der Waals surface area (Å²) in [5, 5.41) is 9.72. The summed E-state index contributed by atoms with van der Waals surface area (Å²) in [6.07, 6.45) is 1.59. The van der Waals surface area contributed by atoms with E-state index < -0.39 is 18.0 Å². The molecule has 0 aliphatic rings. The van der Waals surface area contributed by atoms with Gasteiger partial charge in [-0.05, 0) is 12.5 Å². The van der Waals surface area contributed by atoms with Crippen LogP contribution in [0.25, 0.3) is 0 Å². The van der Waals surface area contributed by atoms with Crippen LogP contribution in [0, 0.1) is 0 Å². The number of pyridine rings is 1. The predicted molar refractivity (Wildman–Crippen MR) is 77.2 cm³/mol. The Morgan fingerprint density at radius 2 is 1.76 bits per heavy atom. The minimum Gasteiger partial charge on any atom is -0.388 e. The summed E-state index contributed by atoms with van der Waals surface area (Å²) in [5.41, 5.74) is -0.777. The van der Waals surface area contributed by atoms with Crippen LogP contribution in [0.2, 0.25) is 5.15 Å². The van der Waals surface area contributed by atoms with Gasteiger partial charge >= 0.3 is 6.18 Å². The van der Waals surface area contributed by atoms with E-state index in [-0.39, 0.29) is 10.7 Å². The first-order valence-electron chi connectivity index (χ1n) is 7.28. The van der Waals surface area contributed by atoms with Gasteiger partial charge in [-0.25, -0.2) is 4.98 Å². The van der Waals surface area contributed by atoms with E-state index in [0.29, 0.717) is 6.42 Å². The van der Waals surface area contributed by atoms with Gasteiger partial charge in [-0.1, -0.05) is 63.1 Å². The van der Waals surface area contributed by atoms with Crippen LogP contribution < -0.4 is 0 Å². The van der Waals surface area contributed by atoms with E-state index in [1.165, 1.54) is 25.3 Å². The summed E-state index contributed by atoms with van der Waals surface area (Å²) >= 11 is 5.74. The van der Waals surface area contributed by atoms with E-state index in [2.05, 4.69) is 11.9 Å². The molecule has 6 heteroatoms. The molecule has 0 saturated carbocycles. The lowest BCUT2D eigenvalue weighted by Crippen LogP contribution is -2.10. The molecule has 0 spiro atoms. The third-order valence-electron chi connectivity index (χ3n) is 3.36. The Labute approximate surface area is 128 Å². The van der Waals surface area contributed by atoms with Crippen LogP contribution in [-0.4, -0.2) is 10.1 Å². The third kappa shape index (κ3) is 6.22. The van der Waals surface area contributed by atoms with Crippen LogP contribution >= 0.6 is 11.6 Å². The lowest BCUT2D eigenvalue weighted by atomic mass is 10.0. The number of aliphatic hydroxyl groups excluding tert-OH is 1. The number of unbranched alkanes of at least 4 members (excludes halogenated alkanes) is 5. The molecule has 1 rings (SSSR count). The molecule has 120 valence electrons. The van der Waals surface area contributed by atoms with E-state index in [0.717, 1.165) is 25.3 Å². The van der Waals surface area contributed by atoms with Crippen LogP contribution in [-0.2, 0) is 6.18 Å². The van der Waals surface area contributed by atoms with E-state index in [9.17, 15) is 18.3 Å². The topological polar surface area (TPSA) is 33.1 Å². The van der Waals surface area contributed by atoms with Gasteiger partial charge in [0.15, 0.2) is 0 Å². The molecule has 21 heavy (non-hydrogen) atoms. The minimum atomic E-state index is -4.52. The van der Waals surface area contributed by atoms with Gasteiger partial charge in [-0.3, -0.25) is 0 Å². The second-order valence-corrected chi connectivity index (χ2v) is 5.50. The molecule has 2 nitrogen and oxygen atoms in total. The van der Waals surface area contributed by atoms with Gasteiger partial charge in [-0.2, -0.15) is 13.2 Å². The Balaban J connectivity index is 2.49. The number of aliphatic hydroxyl groups is 1. The molecule has 1 aromatic heterocycles. The van der Waals surface area contributed by atoms with Crippen molar-refractivity contribution in [3.63, 3.8) is 0 Å². The van der Waals surface area contributed by atoms with Crippen LogP contribution in [0.15, 0.2) is 12.1 Å². The zero-order valence-electron chi connectivity index (χ0n) is 12.1. The molecule has 1 unspecified atom stereocenters. The van der Waals surface area contributed by atoms with Gasteiger partial charge in [0.25, 0.3) is 0 Å². The van der Waals surface area contributed by atoms with Crippen molar-refractivity contribution in [2.24, 2.45) is 0 Å². The fraction of sp³-hybridized carbons (Fsp3) is 0.667. The van der Waals surface area contributed by atoms with Gasteiger partial charge in [0.1, 0.15) is 10.8 Å². The van der Waals surface area contributed by atoms with Crippen molar-refractivity contribution in [1.29, 1.82) is 0 Å². The molecule has 1 aromatic rings. The molecule has 0 fully saturated rings. The second-order valence-electron chi connectivity index (χ2n) is 5.15. The molecule has 0 aliphatic carbocycles. The Morgan fingerprint density at radius 1 is 1.14 bits per heavy atom. The summed E-state index contributed by atoms with van der Waals surface area (Å²) < 4.78 is 37.4. The summed E-state index contributed by atoms with van der Waals surface area (Å²) in [5.74, 6) is 0. The van der Waals surface area contributed by atoms with E-state index in [1.807, 2.05) is 0 Å². The van der Waals surface area contributed by atoms with Crippen LogP contribution in [0.4, 0.5) is 13.2 Å². The van der Waals surface area contributed by atoms with Gasteiger partial charge < -0.3 is 5.11 Å². The highest BCUT2D eigenvalue weighted by Crippen LogP contribution is 2.32. The van der Waals surface area contributed by atoms with Crippen molar-refractivity contribution in [1.82, 2.24) is 4.98 Å². The predicted octanol–water partition coefficient (Wildman–Crippen LogP) is 5.54. The van der Waals surface area contributed by atoms with Crippen LogP contribution in [0.5, 0.6) is 0 Å². The highest BCUT2D eigenvalue weighted by molar-refractivity contribution is 6.30. The molecule has 1 atom stereocenters. The lowest BCUT2D eigenvalue weighted by Gasteiger charge is -2.14. The fourth-order valence-electron chi connectivity index (χ4n) is 2.13. The average Bonchev–Trinajstić information content (AvgIpc) is 2.41. The number of aromatic nitrogens is 1. The number of hydrogen-bond acceptors (Lipinski definition) is 2. The summed E-state index contributed by atoms with van der Waals surface area (Å²) in [6, 6.07) is 2.06. The normalized spacial score (nSPS) is 13.4. The molecule has 0 radical (unpaired) electrons. The zero-order chi connectivity index (χ0) is 15.9. The van der Waals surface area contributed by atoms with Gasteiger partial charge in [0, 0.05) is 5.56 Å². The van der Waals surface area contributed by atoms with E-state index in [4.69, 9.17) is 11.6 Å². The average molecular weight is 324 g/mol. The third-order valence-corrected chi connectivity index (χ3v) is 3.66. The van der Waals surface area contributed by atoms with Crippen molar-refractivity contribution in [2.75, 3.05) is 0 Å². The number of halogens is 4. The highest BCUT2D eigenvalue weighted by Gasteiger charge is 2.33. The van der Waals surface area contributed by atoms with Gasteiger partial charge in [0.2, 0.25) is 0 Å². The first kappa shape index (κ1) is 18.2. The number of rotatable bonds is 8. The summed E-state index contributed by atoms with van der Waals surface area (Å²) in [7, 11) is 0. The maximum absolute atomic E-state index is 12.5. The Hall–Kier alpha value is -0.810. The monoisotopic (exact) mass is 323 g/mol. The SMILES string of the molecule is CCCCCCCCC(O)c1ccc(C(F)(F)F)nc1Cl. The fourth-order valence-corrected chi connectivity index (χ4v) is 2.40. The molecule has 0 aliphatic heterocycles. The van der Waals surface area contributed by atoms with Crippen molar-refractivity contribution in [3.05, 3.63) is 28.5 Å². The zero-order valence-corrected chi connectivity index (χ0v) is 12.8. The maximum Gasteiger partial charge on any atom is 0.433 e. The lowest BCUT2D eigenvalue weighted by molar-refractivity contribution is -0.141. The first-order chi connectivity index (χ1) is 9.86. The van der Waals surface area contributed by atoms with Crippen molar-refractivity contribution in [3.8, 4) is 0 Å². The van der Waals surface area contributed by atoms with Crippen molar-refractivity contribution >= 4 is 11.6 Å². The molecule has 0 aromatic carbocycles. The quantitative estimate of drug-likeness (QED) is 0.503. The Morgan fingerprint density at radius 3 is 2.33 bits per heavy atom. The Bertz CT molecular complexity index is 437. The molecular weight excluding hydrogens is 303 g/mol. The van der Waals surface area contributed by atoms with Crippen molar-refractivity contribution < 1.29 is 18.3 Å². The Kier molecular flexibility index (Phi) is 7.46. The summed E-state index contributed by atoms with van der Waals surface area (Å²) in [4.78, 5) is 3.31. The number of alkyl halides is 3. The maximum atomic E-state index is 12.5. The smallest absolute Gasteiger partial charge is 0.388 e. The molecule has 0 amide bonds. The van der Waals surface area contributed by atoms with E-state index >= 15 is 0 Å². The largest absolute Gasteiger partial charge is 0.433 e. The van der Waals surface area contributed by atoms with Crippen molar-refractivity contribution in [2.45, 2.75) is 64.1 Å². The summed E-state index contributed by atoms with van der Waals surface area (Å²) in [6.45, 7) is 2.14. The van der Waals surface area contributed by atoms with E-state index in [1.54, 1.807) is 0 Å². The number of nitrogens with zero attached hydrogens (tertiary/aromatic N) is 1. The van der Waals surface area contributed by atoms with Gasteiger partial charge in [-0.15, -0.1) is 0 Å². The first-order valence-corrected chi connectivity index (χ1v) is 7.65. The molecule has 1 heterocycles. The van der Waals surface area contributed by atoms with Crippen LogP contribution in [0.1, 0.15) is 69.2 Å².